The molecule has 0 aliphatic carbocycles. The second-order valence-corrected chi connectivity index (χ2v) is 4.89. The summed E-state index contributed by atoms with van der Waals surface area (Å²) in [5, 5.41) is 11.0. The fourth-order valence-corrected chi connectivity index (χ4v) is 2.62. The number of fused-ring (bicyclic) bond motifs is 1. The molecule has 22 heavy (non-hydrogen) atoms. The molecule has 2 aromatic carbocycles. The van der Waals surface area contributed by atoms with E-state index in [4.69, 9.17) is 4.74 Å². The van der Waals surface area contributed by atoms with Gasteiger partial charge in [0.15, 0.2) is 5.75 Å². The van der Waals surface area contributed by atoms with E-state index in [9.17, 15) is 14.5 Å². The lowest BCUT2D eigenvalue weighted by Crippen LogP contribution is -2.15. The molecule has 0 radical (unpaired) electrons. The van der Waals surface area contributed by atoms with Crippen LogP contribution in [0.1, 0.15) is 16.7 Å². The topological polar surface area (TPSA) is 64.7 Å². The molecule has 1 aliphatic rings. The van der Waals surface area contributed by atoms with Crippen molar-refractivity contribution >= 4 is 11.4 Å². The van der Waals surface area contributed by atoms with Gasteiger partial charge in [-0.3, -0.25) is 15.1 Å². The van der Waals surface area contributed by atoms with Crippen LogP contribution in [0.25, 0.3) is 0 Å². The lowest BCUT2D eigenvalue weighted by atomic mass is 9.93. The van der Waals surface area contributed by atoms with E-state index in [0.717, 1.165) is 5.56 Å². The molecular weight excluding hydrogens is 287 g/mol. The molecule has 0 spiro atoms. The number of hydrogen-bond donors (Lipinski definition) is 0. The Balaban J connectivity index is 2.11. The van der Waals surface area contributed by atoms with Crippen LogP contribution < -0.4 is 4.74 Å². The van der Waals surface area contributed by atoms with Crippen LogP contribution in [0.2, 0.25) is 0 Å². The average Bonchev–Trinajstić information content (AvgIpc) is 2.54. The lowest BCUT2D eigenvalue weighted by Gasteiger charge is -2.18. The molecule has 1 heterocycles. The molecule has 0 unspecified atom stereocenters. The van der Waals surface area contributed by atoms with Gasteiger partial charge in [0.1, 0.15) is 5.82 Å². The van der Waals surface area contributed by atoms with Crippen LogP contribution >= 0.6 is 0 Å². The highest BCUT2D eigenvalue weighted by Crippen LogP contribution is 2.30. The second-order valence-electron chi connectivity index (χ2n) is 4.89. The molecule has 0 N–H and O–H groups in total. The van der Waals surface area contributed by atoms with E-state index in [2.05, 4.69) is 4.99 Å². The summed E-state index contributed by atoms with van der Waals surface area (Å²) in [7, 11) is 1.38. The predicted octanol–water partition coefficient (Wildman–Crippen LogP) is 3.14. The molecule has 3 rings (SSSR count). The van der Waals surface area contributed by atoms with E-state index < -0.39 is 4.92 Å². The van der Waals surface area contributed by atoms with Gasteiger partial charge in [-0.15, -0.1) is 0 Å². The molecule has 0 bridgehead atoms. The Kier molecular flexibility index (Phi) is 3.58. The van der Waals surface area contributed by atoms with Crippen molar-refractivity contribution in [1.29, 1.82) is 0 Å². The Hall–Kier alpha value is -2.76. The standard InChI is InChI=1S/C16H13FN2O3/c1-22-15-9-10(5-6-14(15)19(20)21)16-12-3-2-4-13(17)11(12)7-8-18-16/h2-6,9H,7-8H2,1H3. The fraction of sp³-hybridized carbons (Fsp3) is 0.188. The van der Waals surface area contributed by atoms with E-state index in [-0.39, 0.29) is 17.3 Å². The highest BCUT2D eigenvalue weighted by Gasteiger charge is 2.21. The minimum atomic E-state index is -0.501. The average molecular weight is 300 g/mol. The van der Waals surface area contributed by atoms with E-state index >= 15 is 0 Å². The number of nitro groups is 1. The van der Waals surface area contributed by atoms with Gasteiger partial charge in [-0.2, -0.15) is 0 Å². The van der Waals surface area contributed by atoms with Gasteiger partial charge < -0.3 is 4.74 Å². The molecule has 5 nitrogen and oxygen atoms in total. The summed E-state index contributed by atoms with van der Waals surface area (Å²) in [5.41, 5.74) is 2.55. The Morgan fingerprint density at radius 2 is 2.14 bits per heavy atom. The third-order valence-electron chi connectivity index (χ3n) is 3.66. The van der Waals surface area contributed by atoms with Crippen molar-refractivity contribution in [2.45, 2.75) is 6.42 Å². The molecule has 1 aliphatic heterocycles. The quantitative estimate of drug-likeness (QED) is 0.646. The van der Waals surface area contributed by atoms with Gasteiger partial charge in [-0.1, -0.05) is 12.1 Å². The van der Waals surface area contributed by atoms with E-state index in [0.29, 0.717) is 29.8 Å². The van der Waals surface area contributed by atoms with Crippen molar-refractivity contribution in [3.05, 3.63) is 69.0 Å². The highest BCUT2D eigenvalue weighted by atomic mass is 19.1. The first-order valence-electron chi connectivity index (χ1n) is 6.77. The fourth-order valence-electron chi connectivity index (χ4n) is 2.62. The predicted molar refractivity (Wildman–Crippen MR) is 80.3 cm³/mol. The van der Waals surface area contributed by atoms with Crippen molar-refractivity contribution < 1.29 is 14.1 Å². The maximum atomic E-state index is 13.9. The summed E-state index contributed by atoms with van der Waals surface area (Å²) in [6.07, 6.45) is 0.551. The maximum Gasteiger partial charge on any atom is 0.310 e. The summed E-state index contributed by atoms with van der Waals surface area (Å²) in [6, 6.07) is 9.43. The molecular formula is C16H13FN2O3. The first-order valence-corrected chi connectivity index (χ1v) is 6.77. The van der Waals surface area contributed by atoms with Gasteiger partial charge in [0.2, 0.25) is 0 Å². The number of aliphatic imine (C=N–C) groups is 1. The molecule has 0 saturated carbocycles. The Morgan fingerprint density at radius 3 is 2.86 bits per heavy atom. The number of methoxy groups -OCH3 is 1. The van der Waals surface area contributed by atoms with Gasteiger partial charge in [-0.05, 0) is 30.2 Å². The van der Waals surface area contributed by atoms with E-state index in [1.165, 1.54) is 19.2 Å². The number of rotatable bonds is 3. The van der Waals surface area contributed by atoms with Crippen molar-refractivity contribution in [3.8, 4) is 5.75 Å². The van der Waals surface area contributed by atoms with Crippen LogP contribution in [0.3, 0.4) is 0 Å². The van der Waals surface area contributed by atoms with Gasteiger partial charge in [0, 0.05) is 23.7 Å². The summed E-state index contributed by atoms with van der Waals surface area (Å²) >= 11 is 0. The first-order chi connectivity index (χ1) is 10.6. The zero-order valence-electron chi connectivity index (χ0n) is 11.9. The third-order valence-corrected chi connectivity index (χ3v) is 3.66. The molecule has 6 heteroatoms. The Labute approximate surface area is 126 Å². The van der Waals surface area contributed by atoms with E-state index in [1.807, 2.05) is 6.07 Å². The van der Waals surface area contributed by atoms with Crippen LogP contribution in [0.15, 0.2) is 41.4 Å². The van der Waals surface area contributed by atoms with Crippen molar-refractivity contribution in [1.82, 2.24) is 0 Å². The smallest absolute Gasteiger partial charge is 0.310 e. The zero-order valence-corrected chi connectivity index (χ0v) is 11.9. The van der Waals surface area contributed by atoms with Gasteiger partial charge in [0.25, 0.3) is 0 Å². The van der Waals surface area contributed by atoms with Crippen LogP contribution in [-0.4, -0.2) is 24.3 Å². The first kappa shape index (κ1) is 14.2. The highest BCUT2D eigenvalue weighted by molar-refractivity contribution is 6.14. The molecule has 0 fully saturated rings. The minimum absolute atomic E-state index is 0.109. The van der Waals surface area contributed by atoms with E-state index in [1.54, 1.807) is 18.2 Å². The molecule has 0 aromatic heterocycles. The maximum absolute atomic E-state index is 13.9. The molecule has 2 aromatic rings. The van der Waals surface area contributed by atoms with Gasteiger partial charge >= 0.3 is 5.69 Å². The van der Waals surface area contributed by atoms with Crippen LogP contribution in [0.4, 0.5) is 10.1 Å². The van der Waals surface area contributed by atoms with Crippen molar-refractivity contribution in [3.63, 3.8) is 0 Å². The number of halogens is 1. The van der Waals surface area contributed by atoms with Crippen LogP contribution in [0.5, 0.6) is 5.75 Å². The molecule has 0 amide bonds. The summed E-state index contributed by atoms with van der Waals surface area (Å²) in [6.45, 7) is 0.489. The van der Waals surface area contributed by atoms with Crippen molar-refractivity contribution in [2.24, 2.45) is 4.99 Å². The lowest BCUT2D eigenvalue weighted by molar-refractivity contribution is -0.385. The third kappa shape index (κ3) is 2.32. The molecule has 112 valence electrons. The Bertz CT molecular complexity index is 787. The molecule has 0 saturated heterocycles. The summed E-state index contributed by atoms with van der Waals surface area (Å²) in [5.74, 6) is -0.0903. The SMILES string of the molecule is COc1cc(C2=NCCc3c(F)cccc32)ccc1[N+](=O)[O-]. The minimum Gasteiger partial charge on any atom is -0.490 e. The monoisotopic (exact) mass is 300 g/mol. The molecule has 0 atom stereocenters. The van der Waals surface area contributed by atoms with Crippen molar-refractivity contribution in [2.75, 3.05) is 13.7 Å². The number of benzene rings is 2. The van der Waals surface area contributed by atoms with Crippen LogP contribution in [0, 0.1) is 15.9 Å². The van der Waals surface area contributed by atoms with Gasteiger partial charge in [0.05, 0.1) is 17.7 Å². The largest absolute Gasteiger partial charge is 0.490 e. The van der Waals surface area contributed by atoms with Gasteiger partial charge in [-0.25, -0.2) is 4.39 Å². The number of nitro benzene ring substituents is 1. The second kappa shape index (κ2) is 5.55. The number of ether oxygens (including phenoxy) is 1. The van der Waals surface area contributed by atoms with Crippen LogP contribution in [-0.2, 0) is 6.42 Å². The Morgan fingerprint density at radius 1 is 1.32 bits per heavy atom. The summed E-state index contributed by atoms with van der Waals surface area (Å²) in [4.78, 5) is 14.9. The number of hydrogen-bond acceptors (Lipinski definition) is 4. The zero-order chi connectivity index (χ0) is 15.7. The number of nitrogens with zero attached hydrogens (tertiary/aromatic N) is 2. The normalized spacial score (nSPS) is 13.3. The summed E-state index contributed by atoms with van der Waals surface area (Å²) < 4.78 is 19.0.